The smallest absolute Gasteiger partial charge is 0.220 e. The first-order chi connectivity index (χ1) is 13.0. The van der Waals surface area contributed by atoms with Crippen molar-refractivity contribution < 1.29 is 9.53 Å². The highest BCUT2D eigenvalue weighted by atomic mass is 16.5. The SMILES string of the molecule is Cc1nc2c(c(C)nn2C(C)(C)C)c(C)c1CCC(=O)NCCCOC(C)C. The molecule has 2 aromatic rings. The van der Waals surface area contributed by atoms with E-state index in [0.717, 1.165) is 34.4 Å². The van der Waals surface area contributed by atoms with Gasteiger partial charge in [-0.3, -0.25) is 4.79 Å². The van der Waals surface area contributed by atoms with Gasteiger partial charge < -0.3 is 10.1 Å². The Morgan fingerprint density at radius 3 is 2.46 bits per heavy atom. The molecule has 0 radical (unpaired) electrons. The Balaban J connectivity index is 2.07. The van der Waals surface area contributed by atoms with Crippen LogP contribution in [0.5, 0.6) is 0 Å². The van der Waals surface area contributed by atoms with Crippen molar-refractivity contribution in [3.8, 4) is 0 Å². The molecule has 0 aromatic carbocycles. The summed E-state index contributed by atoms with van der Waals surface area (Å²) in [6.45, 7) is 17.9. The van der Waals surface area contributed by atoms with Gasteiger partial charge >= 0.3 is 0 Å². The number of ether oxygens (including phenoxy) is 1. The lowest BCUT2D eigenvalue weighted by atomic mass is 9.99. The van der Waals surface area contributed by atoms with Crippen LogP contribution in [-0.2, 0) is 21.5 Å². The van der Waals surface area contributed by atoms with Crippen molar-refractivity contribution in [1.29, 1.82) is 0 Å². The van der Waals surface area contributed by atoms with Gasteiger partial charge in [0, 0.05) is 30.7 Å². The van der Waals surface area contributed by atoms with E-state index in [1.807, 2.05) is 32.4 Å². The molecule has 2 rings (SSSR count). The fourth-order valence-electron chi connectivity index (χ4n) is 3.49. The summed E-state index contributed by atoms with van der Waals surface area (Å²) in [5, 5.41) is 8.83. The molecule has 28 heavy (non-hydrogen) atoms. The molecule has 2 aromatic heterocycles. The number of fused-ring (bicyclic) bond motifs is 1. The van der Waals surface area contributed by atoms with Gasteiger partial charge in [0.2, 0.25) is 5.91 Å². The van der Waals surface area contributed by atoms with E-state index in [0.29, 0.717) is 26.0 Å². The number of hydrogen-bond acceptors (Lipinski definition) is 4. The molecule has 0 aliphatic heterocycles. The van der Waals surface area contributed by atoms with E-state index in [1.165, 1.54) is 5.56 Å². The van der Waals surface area contributed by atoms with Crippen LogP contribution in [0, 0.1) is 20.8 Å². The van der Waals surface area contributed by atoms with E-state index in [4.69, 9.17) is 14.8 Å². The van der Waals surface area contributed by atoms with Gasteiger partial charge in [0.25, 0.3) is 0 Å². The van der Waals surface area contributed by atoms with Crippen molar-refractivity contribution >= 4 is 16.9 Å². The highest BCUT2D eigenvalue weighted by molar-refractivity contribution is 5.84. The number of aromatic nitrogens is 3. The van der Waals surface area contributed by atoms with Crippen molar-refractivity contribution in [2.75, 3.05) is 13.2 Å². The zero-order chi connectivity index (χ0) is 21.1. The summed E-state index contributed by atoms with van der Waals surface area (Å²) in [5.74, 6) is 0.0746. The number of hydrogen-bond donors (Lipinski definition) is 1. The van der Waals surface area contributed by atoms with Crippen LogP contribution in [0.25, 0.3) is 11.0 Å². The van der Waals surface area contributed by atoms with Crippen molar-refractivity contribution in [2.24, 2.45) is 0 Å². The second-order valence-corrected chi connectivity index (χ2v) is 8.79. The van der Waals surface area contributed by atoms with Crippen molar-refractivity contribution in [2.45, 2.75) is 86.3 Å². The maximum absolute atomic E-state index is 12.2. The van der Waals surface area contributed by atoms with E-state index >= 15 is 0 Å². The van der Waals surface area contributed by atoms with Crippen LogP contribution in [0.2, 0.25) is 0 Å². The number of nitrogens with zero attached hydrogens (tertiary/aromatic N) is 3. The molecule has 0 atom stereocenters. The Bertz CT molecular complexity index is 831. The van der Waals surface area contributed by atoms with Gasteiger partial charge in [-0.15, -0.1) is 0 Å². The monoisotopic (exact) mass is 388 g/mol. The fraction of sp³-hybridized carbons (Fsp3) is 0.682. The standard InChI is InChI=1S/C22H36N4O2/c1-14(2)28-13-9-12-23-19(27)11-10-18-15(3)20-17(5)25-26(22(6,7)8)21(20)24-16(18)4/h14H,9-13H2,1-8H3,(H,23,27). The van der Waals surface area contributed by atoms with Crippen LogP contribution in [0.3, 0.4) is 0 Å². The molecule has 156 valence electrons. The van der Waals surface area contributed by atoms with Gasteiger partial charge in [-0.05, 0) is 79.4 Å². The number of rotatable bonds is 8. The van der Waals surface area contributed by atoms with Crippen LogP contribution in [0.1, 0.15) is 70.0 Å². The van der Waals surface area contributed by atoms with Crippen molar-refractivity contribution in [3.63, 3.8) is 0 Å². The van der Waals surface area contributed by atoms with E-state index in [1.54, 1.807) is 0 Å². The van der Waals surface area contributed by atoms with Gasteiger partial charge in [-0.1, -0.05) is 0 Å². The molecule has 0 saturated heterocycles. The Hall–Kier alpha value is -1.95. The molecule has 2 heterocycles. The van der Waals surface area contributed by atoms with Gasteiger partial charge in [0.05, 0.1) is 17.3 Å². The predicted molar refractivity (Wildman–Crippen MR) is 114 cm³/mol. The molecule has 0 spiro atoms. The average Bonchev–Trinajstić information content (AvgIpc) is 2.90. The minimum absolute atomic E-state index is 0.0746. The molecule has 1 N–H and O–H groups in total. The average molecular weight is 389 g/mol. The third-order valence-corrected chi connectivity index (χ3v) is 4.91. The Labute approximate surface area is 169 Å². The van der Waals surface area contributed by atoms with Gasteiger partial charge in [-0.2, -0.15) is 5.10 Å². The third-order valence-electron chi connectivity index (χ3n) is 4.91. The summed E-state index contributed by atoms with van der Waals surface area (Å²) in [6.07, 6.45) is 2.22. The number of nitrogens with one attached hydrogen (secondary N) is 1. The Kier molecular flexibility index (Phi) is 7.21. The minimum atomic E-state index is -0.126. The molecule has 0 bridgehead atoms. The Morgan fingerprint density at radius 2 is 1.86 bits per heavy atom. The summed E-state index contributed by atoms with van der Waals surface area (Å²) in [6, 6.07) is 0. The summed E-state index contributed by atoms with van der Waals surface area (Å²) in [7, 11) is 0. The zero-order valence-electron chi connectivity index (χ0n) is 18.8. The molecule has 0 aliphatic rings. The molecule has 0 unspecified atom stereocenters. The van der Waals surface area contributed by atoms with E-state index in [2.05, 4.69) is 33.0 Å². The van der Waals surface area contributed by atoms with Gasteiger partial charge in [-0.25, -0.2) is 9.67 Å². The van der Waals surface area contributed by atoms with Crippen LogP contribution in [0.15, 0.2) is 0 Å². The van der Waals surface area contributed by atoms with Crippen molar-refractivity contribution in [3.05, 3.63) is 22.5 Å². The number of carbonyl (C=O) groups excluding carboxylic acids is 1. The topological polar surface area (TPSA) is 69.0 Å². The van der Waals surface area contributed by atoms with E-state index in [9.17, 15) is 4.79 Å². The van der Waals surface area contributed by atoms with E-state index in [-0.39, 0.29) is 17.6 Å². The fourth-order valence-corrected chi connectivity index (χ4v) is 3.49. The number of amides is 1. The lowest BCUT2D eigenvalue weighted by Gasteiger charge is -2.20. The summed E-state index contributed by atoms with van der Waals surface area (Å²) in [5.41, 5.74) is 5.12. The molecule has 6 heteroatoms. The van der Waals surface area contributed by atoms with Gasteiger partial charge in [0.1, 0.15) is 0 Å². The summed E-state index contributed by atoms with van der Waals surface area (Å²) in [4.78, 5) is 17.1. The van der Waals surface area contributed by atoms with Gasteiger partial charge in [0.15, 0.2) is 5.65 Å². The first kappa shape index (κ1) is 22.3. The first-order valence-corrected chi connectivity index (χ1v) is 10.3. The molecular formula is C22H36N4O2. The molecular weight excluding hydrogens is 352 g/mol. The third kappa shape index (κ3) is 5.31. The largest absolute Gasteiger partial charge is 0.379 e. The summed E-state index contributed by atoms with van der Waals surface area (Å²) >= 11 is 0. The molecule has 0 saturated carbocycles. The first-order valence-electron chi connectivity index (χ1n) is 10.3. The highest BCUT2D eigenvalue weighted by Crippen LogP contribution is 2.29. The number of carbonyl (C=O) groups is 1. The van der Waals surface area contributed by atoms with Crippen molar-refractivity contribution in [1.82, 2.24) is 20.1 Å². The lowest BCUT2D eigenvalue weighted by molar-refractivity contribution is -0.121. The number of aryl methyl sites for hydroxylation is 3. The Morgan fingerprint density at radius 1 is 1.18 bits per heavy atom. The summed E-state index contributed by atoms with van der Waals surface area (Å²) < 4.78 is 7.50. The quantitative estimate of drug-likeness (QED) is 0.695. The van der Waals surface area contributed by atoms with Crippen LogP contribution < -0.4 is 5.32 Å². The van der Waals surface area contributed by atoms with Crippen LogP contribution >= 0.6 is 0 Å². The molecule has 6 nitrogen and oxygen atoms in total. The second-order valence-electron chi connectivity index (χ2n) is 8.79. The molecule has 1 amide bonds. The number of pyridine rings is 1. The highest BCUT2D eigenvalue weighted by Gasteiger charge is 2.23. The van der Waals surface area contributed by atoms with Crippen LogP contribution in [0.4, 0.5) is 0 Å². The second kappa shape index (κ2) is 9.03. The minimum Gasteiger partial charge on any atom is -0.379 e. The lowest BCUT2D eigenvalue weighted by Crippen LogP contribution is -2.26. The maximum Gasteiger partial charge on any atom is 0.220 e. The zero-order valence-corrected chi connectivity index (χ0v) is 18.8. The molecule has 0 aliphatic carbocycles. The molecule has 0 fully saturated rings. The van der Waals surface area contributed by atoms with E-state index < -0.39 is 0 Å². The predicted octanol–water partition coefficient (Wildman–Crippen LogP) is 3.98. The van der Waals surface area contributed by atoms with Crippen LogP contribution in [-0.4, -0.2) is 39.9 Å². The normalized spacial score (nSPS) is 12.2. The maximum atomic E-state index is 12.2.